The molecule has 1 aromatic heterocycles. The summed E-state index contributed by atoms with van der Waals surface area (Å²) in [5.74, 6) is 0.910. The maximum absolute atomic E-state index is 6.15. The molecule has 1 fully saturated rings. The molecule has 1 saturated heterocycles. The number of hydrogen-bond donors (Lipinski definition) is 1. The second-order valence-electron chi connectivity index (χ2n) is 7.80. The van der Waals surface area contributed by atoms with Gasteiger partial charge in [0.25, 0.3) is 0 Å². The van der Waals surface area contributed by atoms with Crippen molar-refractivity contribution < 1.29 is 9.15 Å². The van der Waals surface area contributed by atoms with Crippen molar-refractivity contribution in [2.75, 3.05) is 44.7 Å². The summed E-state index contributed by atoms with van der Waals surface area (Å²) in [6.07, 6.45) is 1.01. The van der Waals surface area contributed by atoms with Crippen molar-refractivity contribution in [3.05, 3.63) is 65.4 Å². The highest BCUT2D eigenvalue weighted by Crippen LogP contribution is 2.28. The van der Waals surface area contributed by atoms with Crippen molar-refractivity contribution >= 4 is 45.6 Å². The Hall–Kier alpha value is -2.12. The Morgan fingerprint density at radius 2 is 1.90 bits per heavy atom. The van der Waals surface area contributed by atoms with Crippen molar-refractivity contribution in [1.82, 2.24) is 9.80 Å². The standard InChI is InChI=1S/C24H28ClN3O2S/c1-18(23-17-19-5-2-3-6-22(19)30-23)28(12-4-11-27-13-15-29-16-14-27)24(31)26-21-9-7-20(25)8-10-21/h2-3,5-10,17-18H,4,11-16H2,1H3,(H,26,31)/t18-/m0/s1. The largest absolute Gasteiger partial charge is 0.459 e. The topological polar surface area (TPSA) is 40.9 Å². The van der Waals surface area contributed by atoms with E-state index < -0.39 is 0 Å². The fraction of sp³-hybridized carbons (Fsp3) is 0.375. The predicted octanol–water partition coefficient (Wildman–Crippen LogP) is 5.57. The van der Waals surface area contributed by atoms with Crippen LogP contribution in [0.5, 0.6) is 0 Å². The normalized spacial score (nSPS) is 15.7. The van der Waals surface area contributed by atoms with Crippen LogP contribution in [0.25, 0.3) is 11.0 Å². The molecule has 1 aliphatic rings. The second-order valence-corrected chi connectivity index (χ2v) is 8.62. The molecular weight excluding hydrogens is 430 g/mol. The minimum atomic E-state index is 0.00406. The molecule has 31 heavy (non-hydrogen) atoms. The maximum atomic E-state index is 6.15. The lowest BCUT2D eigenvalue weighted by molar-refractivity contribution is 0.0365. The van der Waals surface area contributed by atoms with Crippen molar-refractivity contribution in [1.29, 1.82) is 0 Å². The van der Waals surface area contributed by atoms with Gasteiger partial charge in [0.15, 0.2) is 5.11 Å². The van der Waals surface area contributed by atoms with Gasteiger partial charge in [0, 0.05) is 42.3 Å². The quantitative estimate of drug-likeness (QED) is 0.468. The number of halogens is 1. The van der Waals surface area contributed by atoms with Crippen LogP contribution < -0.4 is 5.32 Å². The summed E-state index contributed by atoms with van der Waals surface area (Å²) < 4.78 is 11.6. The Morgan fingerprint density at radius 1 is 1.16 bits per heavy atom. The Kier molecular flexibility index (Phi) is 7.45. The number of fused-ring (bicyclic) bond motifs is 1. The Labute approximate surface area is 193 Å². The SMILES string of the molecule is C[C@@H](c1cc2ccccc2o1)N(CCCN1CCOCC1)C(=S)Nc1ccc(Cl)cc1. The zero-order valence-corrected chi connectivity index (χ0v) is 19.3. The Balaban J connectivity index is 1.48. The number of thiocarbonyl (C=S) groups is 1. The summed E-state index contributed by atoms with van der Waals surface area (Å²) in [6.45, 7) is 7.61. The Morgan fingerprint density at radius 3 is 2.65 bits per heavy atom. The van der Waals surface area contributed by atoms with Crippen LogP contribution in [0.4, 0.5) is 5.69 Å². The summed E-state index contributed by atoms with van der Waals surface area (Å²) in [5, 5.41) is 5.85. The molecule has 0 spiro atoms. The third-order valence-electron chi connectivity index (χ3n) is 5.66. The van der Waals surface area contributed by atoms with E-state index in [1.807, 2.05) is 42.5 Å². The molecule has 1 atom stereocenters. The van der Waals surface area contributed by atoms with E-state index in [2.05, 4.69) is 34.2 Å². The number of hydrogen-bond acceptors (Lipinski definition) is 4. The fourth-order valence-corrected chi connectivity index (χ4v) is 4.34. The van der Waals surface area contributed by atoms with Gasteiger partial charge in [-0.1, -0.05) is 29.8 Å². The molecule has 2 heterocycles. The van der Waals surface area contributed by atoms with Gasteiger partial charge in [0.2, 0.25) is 0 Å². The molecule has 5 nitrogen and oxygen atoms in total. The van der Waals surface area contributed by atoms with Gasteiger partial charge in [0.05, 0.1) is 19.3 Å². The molecule has 0 aliphatic carbocycles. The first-order valence-electron chi connectivity index (χ1n) is 10.7. The summed E-state index contributed by atoms with van der Waals surface area (Å²) >= 11 is 11.8. The fourth-order valence-electron chi connectivity index (χ4n) is 3.85. The number of nitrogens with one attached hydrogen (secondary N) is 1. The Bertz CT molecular complexity index is 968. The van der Waals surface area contributed by atoms with Crippen molar-refractivity contribution in [3.63, 3.8) is 0 Å². The van der Waals surface area contributed by atoms with E-state index >= 15 is 0 Å². The van der Waals surface area contributed by atoms with Crippen molar-refractivity contribution in [2.24, 2.45) is 0 Å². The van der Waals surface area contributed by atoms with E-state index in [0.717, 1.165) is 68.2 Å². The number of morpholine rings is 1. The number of para-hydroxylation sites is 1. The molecule has 0 saturated carbocycles. The lowest BCUT2D eigenvalue weighted by atomic mass is 10.2. The summed E-state index contributed by atoms with van der Waals surface area (Å²) in [5.41, 5.74) is 1.82. The van der Waals surface area contributed by atoms with Crippen LogP contribution in [0, 0.1) is 0 Å². The molecule has 164 valence electrons. The highest BCUT2D eigenvalue weighted by molar-refractivity contribution is 7.80. The molecule has 1 aliphatic heterocycles. The summed E-state index contributed by atoms with van der Waals surface area (Å²) in [4.78, 5) is 4.66. The van der Waals surface area contributed by atoms with Crippen LogP contribution in [0.3, 0.4) is 0 Å². The highest BCUT2D eigenvalue weighted by atomic mass is 35.5. The summed E-state index contributed by atoms with van der Waals surface area (Å²) in [7, 11) is 0. The molecule has 2 aromatic carbocycles. The van der Waals surface area contributed by atoms with Gasteiger partial charge in [-0.15, -0.1) is 0 Å². The predicted molar refractivity (Wildman–Crippen MR) is 131 cm³/mol. The molecule has 0 unspecified atom stereocenters. The third-order valence-corrected chi connectivity index (χ3v) is 6.25. The summed E-state index contributed by atoms with van der Waals surface area (Å²) in [6, 6.07) is 17.8. The van der Waals surface area contributed by atoms with E-state index in [4.69, 9.17) is 33.0 Å². The van der Waals surface area contributed by atoms with Crippen LogP contribution in [0.1, 0.15) is 25.1 Å². The zero-order chi connectivity index (χ0) is 21.6. The molecule has 3 aromatic rings. The van der Waals surface area contributed by atoms with E-state index in [1.54, 1.807) is 0 Å². The number of ether oxygens (including phenoxy) is 1. The lowest BCUT2D eigenvalue weighted by Crippen LogP contribution is -2.41. The second kappa shape index (κ2) is 10.5. The van der Waals surface area contributed by atoms with Gasteiger partial charge >= 0.3 is 0 Å². The van der Waals surface area contributed by atoms with Gasteiger partial charge < -0.3 is 19.4 Å². The van der Waals surface area contributed by atoms with Gasteiger partial charge in [-0.2, -0.15) is 0 Å². The smallest absolute Gasteiger partial charge is 0.174 e. The molecule has 0 amide bonds. The van der Waals surface area contributed by atoms with Gasteiger partial charge in [-0.25, -0.2) is 0 Å². The lowest BCUT2D eigenvalue weighted by Gasteiger charge is -2.32. The van der Waals surface area contributed by atoms with Gasteiger partial charge in [0.1, 0.15) is 11.3 Å². The van der Waals surface area contributed by atoms with E-state index in [0.29, 0.717) is 10.1 Å². The van der Waals surface area contributed by atoms with Crippen LogP contribution in [-0.2, 0) is 4.74 Å². The van der Waals surface area contributed by atoms with Crippen molar-refractivity contribution in [2.45, 2.75) is 19.4 Å². The average Bonchev–Trinajstić information content (AvgIpc) is 3.23. The minimum absolute atomic E-state index is 0.00406. The molecule has 0 bridgehead atoms. The number of anilines is 1. The molecule has 4 rings (SSSR count). The average molecular weight is 458 g/mol. The van der Waals surface area contributed by atoms with E-state index in [1.165, 1.54) is 0 Å². The van der Waals surface area contributed by atoms with Crippen LogP contribution in [0.2, 0.25) is 5.02 Å². The number of rotatable bonds is 7. The van der Waals surface area contributed by atoms with Gasteiger partial charge in [-0.05, 0) is 62.0 Å². The number of benzene rings is 2. The van der Waals surface area contributed by atoms with E-state index in [9.17, 15) is 0 Å². The van der Waals surface area contributed by atoms with Crippen LogP contribution >= 0.6 is 23.8 Å². The van der Waals surface area contributed by atoms with Gasteiger partial charge in [-0.3, -0.25) is 4.90 Å². The molecule has 1 N–H and O–H groups in total. The molecule has 0 radical (unpaired) electrons. The van der Waals surface area contributed by atoms with Crippen LogP contribution in [0.15, 0.2) is 59.0 Å². The van der Waals surface area contributed by atoms with E-state index in [-0.39, 0.29) is 6.04 Å². The number of nitrogens with zero attached hydrogens (tertiary/aromatic N) is 2. The number of furan rings is 1. The zero-order valence-electron chi connectivity index (χ0n) is 17.7. The first kappa shape index (κ1) is 22.1. The maximum Gasteiger partial charge on any atom is 0.174 e. The first-order chi connectivity index (χ1) is 15.1. The first-order valence-corrected chi connectivity index (χ1v) is 11.5. The molecule has 7 heteroatoms. The van der Waals surface area contributed by atoms with Crippen molar-refractivity contribution in [3.8, 4) is 0 Å². The minimum Gasteiger partial charge on any atom is -0.459 e. The third kappa shape index (κ3) is 5.77. The highest BCUT2D eigenvalue weighted by Gasteiger charge is 2.22. The molecular formula is C24H28ClN3O2S. The monoisotopic (exact) mass is 457 g/mol. The van der Waals surface area contributed by atoms with Crippen LogP contribution in [-0.4, -0.2) is 54.3 Å².